The summed E-state index contributed by atoms with van der Waals surface area (Å²) in [5, 5.41) is 14.0. The highest BCUT2D eigenvalue weighted by atomic mass is 32.1. The van der Waals surface area contributed by atoms with Gasteiger partial charge in [-0.25, -0.2) is 4.79 Å². The Balaban J connectivity index is 0.000000318. The van der Waals surface area contributed by atoms with E-state index in [1.807, 2.05) is 16.8 Å². The summed E-state index contributed by atoms with van der Waals surface area (Å²) in [6, 6.07) is 1.87. The number of carbonyl (C=O) groups is 2. The second kappa shape index (κ2) is 9.65. The van der Waals surface area contributed by atoms with Crippen molar-refractivity contribution < 1.29 is 32.6 Å². The first-order chi connectivity index (χ1) is 14.2. The number of thiophene rings is 1. The molecule has 2 atom stereocenters. The molecule has 1 saturated carbocycles. The molecular weight excluding hydrogens is 421 g/mol. The van der Waals surface area contributed by atoms with E-state index in [9.17, 15) is 18.0 Å². The number of alkyl halides is 3. The highest BCUT2D eigenvalue weighted by Gasteiger charge is 2.44. The molecule has 1 aromatic rings. The normalized spacial score (nSPS) is 26.8. The monoisotopic (exact) mass is 448 g/mol. The first kappa shape index (κ1) is 23.0. The zero-order valence-electron chi connectivity index (χ0n) is 16.6. The van der Waals surface area contributed by atoms with Crippen molar-refractivity contribution in [1.29, 1.82) is 0 Å². The van der Waals surface area contributed by atoms with Crippen molar-refractivity contribution in [2.24, 2.45) is 5.92 Å². The molecular formula is C20H27F3N2O4S. The molecule has 3 fully saturated rings. The van der Waals surface area contributed by atoms with E-state index in [4.69, 9.17) is 14.6 Å². The topological polar surface area (TPSA) is 78.9 Å². The fourth-order valence-corrected chi connectivity index (χ4v) is 4.65. The molecule has 1 spiro atoms. The number of hydrogen-bond donors (Lipinski definition) is 2. The summed E-state index contributed by atoms with van der Waals surface area (Å²) in [7, 11) is 0. The van der Waals surface area contributed by atoms with E-state index in [2.05, 4.69) is 10.2 Å². The van der Waals surface area contributed by atoms with Gasteiger partial charge in [0.1, 0.15) is 0 Å². The lowest BCUT2D eigenvalue weighted by molar-refractivity contribution is -0.192. The molecule has 30 heavy (non-hydrogen) atoms. The number of ether oxygens (including phenoxy) is 1. The lowest BCUT2D eigenvalue weighted by atomic mass is 9.90. The van der Waals surface area contributed by atoms with E-state index in [0.717, 1.165) is 30.9 Å². The van der Waals surface area contributed by atoms with Crippen LogP contribution in [0.25, 0.3) is 0 Å². The molecule has 2 N–H and O–H groups in total. The second-order valence-corrected chi connectivity index (χ2v) is 9.05. The number of aliphatic carboxylic acids is 1. The zero-order valence-corrected chi connectivity index (χ0v) is 17.4. The predicted octanol–water partition coefficient (Wildman–Crippen LogP) is 3.53. The van der Waals surface area contributed by atoms with Gasteiger partial charge in [-0.1, -0.05) is 0 Å². The molecule has 1 aliphatic carbocycles. The minimum absolute atomic E-state index is 0.0243. The van der Waals surface area contributed by atoms with E-state index >= 15 is 0 Å². The highest BCUT2D eigenvalue weighted by Crippen LogP contribution is 2.38. The molecule has 0 aromatic carbocycles. The van der Waals surface area contributed by atoms with Gasteiger partial charge in [-0.2, -0.15) is 24.5 Å². The third-order valence-electron chi connectivity index (χ3n) is 5.70. The Kier molecular flexibility index (Phi) is 7.41. The Bertz CT molecular complexity index is 724. The number of hydrogen-bond acceptors (Lipinski definition) is 5. The Morgan fingerprint density at radius 2 is 2.03 bits per heavy atom. The third kappa shape index (κ3) is 6.68. The molecule has 3 aliphatic rings. The van der Waals surface area contributed by atoms with Crippen LogP contribution in [0.3, 0.4) is 0 Å². The van der Waals surface area contributed by atoms with Crippen LogP contribution in [-0.2, 0) is 9.53 Å². The van der Waals surface area contributed by atoms with Crippen LogP contribution in [-0.4, -0.2) is 65.9 Å². The zero-order chi connectivity index (χ0) is 21.8. The minimum atomic E-state index is -5.08. The van der Waals surface area contributed by atoms with Crippen LogP contribution in [0.2, 0.25) is 0 Å². The van der Waals surface area contributed by atoms with Crippen molar-refractivity contribution in [3.8, 4) is 0 Å². The summed E-state index contributed by atoms with van der Waals surface area (Å²) in [4.78, 5) is 23.6. The number of halogens is 3. The predicted molar refractivity (Wildman–Crippen MR) is 106 cm³/mol. The lowest BCUT2D eigenvalue weighted by Gasteiger charge is -2.39. The molecule has 1 amide bonds. The molecule has 0 unspecified atom stereocenters. The van der Waals surface area contributed by atoms with E-state index < -0.39 is 12.1 Å². The standard InChI is InChI=1S/C18H26N2O2S.C2HF3O2/c21-17(15-5-9-23-12-15)19-10-16-2-1-6-18(22-16)7-8-20(13-18)11-14-3-4-14;3-2(4,5)1(6)7/h5,9,12,14,16H,1-4,6-8,10-11,13H2,(H,19,21);(H,6,7)/t16-,18+;/m0./s1. The highest BCUT2D eigenvalue weighted by molar-refractivity contribution is 7.08. The molecule has 3 heterocycles. The number of amides is 1. The maximum atomic E-state index is 12.1. The third-order valence-corrected chi connectivity index (χ3v) is 6.38. The summed E-state index contributed by atoms with van der Waals surface area (Å²) >= 11 is 1.56. The Hall–Kier alpha value is -1.65. The van der Waals surface area contributed by atoms with Crippen molar-refractivity contribution in [1.82, 2.24) is 10.2 Å². The van der Waals surface area contributed by atoms with Crippen LogP contribution in [0, 0.1) is 5.92 Å². The number of rotatable bonds is 5. The SMILES string of the molecule is O=C(NC[C@@H]1CCC[C@]2(CCN(CC3CC3)C2)O1)c1ccsc1.O=C(O)C(F)(F)F. The van der Waals surface area contributed by atoms with Crippen LogP contribution in [0.15, 0.2) is 16.8 Å². The molecule has 0 bridgehead atoms. The molecule has 6 nitrogen and oxygen atoms in total. The molecule has 2 aliphatic heterocycles. The maximum Gasteiger partial charge on any atom is 0.490 e. The van der Waals surface area contributed by atoms with Crippen LogP contribution in [0.4, 0.5) is 13.2 Å². The number of nitrogens with zero attached hydrogens (tertiary/aromatic N) is 1. The van der Waals surface area contributed by atoms with Gasteiger partial charge in [-0.05, 0) is 55.9 Å². The minimum Gasteiger partial charge on any atom is -0.475 e. The van der Waals surface area contributed by atoms with Crippen LogP contribution in [0.1, 0.15) is 48.9 Å². The smallest absolute Gasteiger partial charge is 0.475 e. The van der Waals surface area contributed by atoms with Crippen LogP contribution in [0.5, 0.6) is 0 Å². The first-order valence-corrected chi connectivity index (χ1v) is 11.1. The van der Waals surface area contributed by atoms with Crippen molar-refractivity contribution in [3.05, 3.63) is 22.4 Å². The largest absolute Gasteiger partial charge is 0.490 e. The average molecular weight is 449 g/mol. The Morgan fingerprint density at radius 1 is 1.30 bits per heavy atom. The molecule has 10 heteroatoms. The number of carboxylic acid groups (broad SMARTS) is 1. The van der Waals surface area contributed by atoms with E-state index in [0.29, 0.717) is 6.54 Å². The van der Waals surface area contributed by atoms with Gasteiger partial charge in [0.25, 0.3) is 5.91 Å². The fourth-order valence-electron chi connectivity index (χ4n) is 4.02. The quantitative estimate of drug-likeness (QED) is 0.721. The Labute approximate surface area is 177 Å². The van der Waals surface area contributed by atoms with Crippen LogP contribution < -0.4 is 5.32 Å². The van der Waals surface area contributed by atoms with Gasteiger partial charge in [0.05, 0.1) is 11.7 Å². The molecule has 2 saturated heterocycles. The maximum absolute atomic E-state index is 12.1. The number of carboxylic acids is 1. The molecule has 1 aromatic heterocycles. The number of likely N-dealkylation sites (tertiary alicyclic amines) is 1. The van der Waals surface area contributed by atoms with Gasteiger partial charge in [0.2, 0.25) is 0 Å². The van der Waals surface area contributed by atoms with E-state index in [-0.39, 0.29) is 17.6 Å². The van der Waals surface area contributed by atoms with Crippen molar-refractivity contribution in [2.75, 3.05) is 26.2 Å². The number of nitrogens with one attached hydrogen (secondary N) is 1. The van der Waals surface area contributed by atoms with Gasteiger partial charge in [-0.3, -0.25) is 4.79 Å². The Morgan fingerprint density at radius 3 is 2.63 bits per heavy atom. The van der Waals surface area contributed by atoms with E-state index in [1.165, 1.54) is 38.8 Å². The molecule has 168 valence electrons. The van der Waals surface area contributed by atoms with Crippen molar-refractivity contribution >= 4 is 23.2 Å². The van der Waals surface area contributed by atoms with Gasteiger partial charge in [-0.15, -0.1) is 0 Å². The van der Waals surface area contributed by atoms with Gasteiger partial charge in [0, 0.05) is 37.1 Å². The summed E-state index contributed by atoms with van der Waals surface area (Å²) < 4.78 is 38.2. The van der Waals surface area contributed by atoms with Gasteiger partial charge < -0.3 is 20.1 Å². The van der Waals surface area contributed by atoms with Crippen LogP contribution >= 0.6 is 11.3 Å². The molecule has 4 rings (SSSR count). The van der Waals surface area contributed by atoms with E-state index in [1.54, 1.807) is 11.3 Å². The second-order valence-electron chi connectivity index (χ2n) is 8.27. The fraction of sp³-hybridized carbons (Fsp3) is 0.700. The molecule has 0 radical (unpaired) electrons. The average Bonchev–Trinajstić information content (AvgIpc) is 3.16. The summed E-state index contributed by atoms with van der Waals surface area (Å²) in [5.41, 5.74) is 0.822. The first-order valence-electron chi connectivity index (χ1n) is 10.2. The van der Waals surface area contributed by atoms with Gasteiger partial charge >= 0.3 is 12.1 Å². The van der Waals surface area contributed by atoms with Crippen molar-refractivity contribution in [3.63, 3.8) is 0 Å². The van der Waals surface area contributed by atoms with Gasteiger partial charge in [0.15, 0.2) is 0 Å². The lowest BCUT2D eigenvalue weighted by Crippen LogP contribution is -2.47. The summed E-state index contributed by atoms with van der Waals surface area (Å²) in [5.74, 6) is -1.78. The van der Waals surface area contributed by atoms with Crippen molar-refractivity contribution in [2.45, 2.75) is 56.4 Å². The summed E-state index contributed by atoms with van der Waals surface area (Å²) in [6.45, 7) is 4.19. The summed E-state index contributed by atoms with van der Waals surface area (Å²) in [6.07, 6.45) is 2.55. The number of carbonyl (C=O) groups excluding carboxylic acids is 1.